The summed E-state index contributed by atoms with van der Waals surface area (Å²) in [6, 6.07) is -0.883. The first-order chi connectivity index (χ1) is 39.4. The number of ether oxygens (including phenoxy) is 1. The summed E-state index contributed by atoms with van der Waals surface area (Å²) in [6.45, 7) is 6.84. The van der Waals surface area contributed by atoms with Crippen LogP contribution in [0.1, 0.15) is 290 Å². The largest absolute Gasteiger partial charge is 0.472 e. The molecule has 1 amide bonds. The van der Waals surface area contributed by atoms with E-state index in [0.29, 0.717) is 17.4 Å². The fourth-order valence-corrected chi connectivity index (χ4v) is 10.1. The van der Waals surface area contributed by atoms with Crippen molar-refractivity contribution in [2.75, 3.05) is 40.9 Å². The van der Waals surface area contributed by atoms with Crippen LogP contribution >= 0.6 is 7.82 Å². The Kier molecular flexibility index (Phi) is 57.8. The van der Waals surface area contributed by atoms with Crippen LogP contribution in [0.4, 0.5) is 0 Å². The Bertz CT molecular complexity index is 1710. The highest BCUT2D eigenvalue weighted by atomic mass is 31.2. The number of rotatable bonds is 60. The second-order valence-electron chi connectivity index (χ2n) is 23.6. The van der Waals surface area contributed by atoms with Crippen molar-refractivity contribution in [1.29, 1.82) is 0 Å². The minimum atomic E-state index is -4.47. The number of amides is 1. The van der Waals surface area contributed by atoms with Crippen molar-refractivity contribution in [2.24, 2.45) is 0 Å². The Morgan fingerprint density at radius 3 is 1.23 bits per heavy atom. The van der Waals surface area contributed by atoms with Gasteiger partial charge in [0.25, 0.3) is 0 Å². The van der Waals surface area contributed by atoms with Crippen LogP contribution in [0.25, 0.3) is 0 Å². The SMILES string of the molecule is CC/C=C\C/C=C\C/C=C\C/C=C\C/C=C\CCCC(=O)NC(COP(=O)(O)OCC[N+](C)(C)C)C(/C=C\CCCCCCCCCCCCC)OC(=O)CCCCCCCCCCCCCCCCC/C=C\C/C=C\CCCCC. The first-order valence-corrected chi connectivity index (χ1v) is 35.1. The lowest BCUT2D eigenvalue weighted by molar-refractivity contribution is -0.870. The smallest absolute Gasteiger partial charge is 0.456 e. The molecule has 81 heavy (non-hydrogen) atoms. The lowest BCUT2D eigenvalue weighted by Gasteiger charge is -2.27. The third-order valence-corrected chi connectivity index (χ3v) is 15.5. The average molecular weight is 1150 g/mol. The van der Waals surface area contributed by atoms with Gasteiger partial charge in [-0.25, -0.2) is 4.57 Å². The van der Waals surface area contributed by atoms with Crippen LogP contribution in [0.15, 0.2) is 97.2 Å². The minimum Gasteiger partial charge on any atom is -0.456 e. The van der Waals surface area contributed by atoms with E-state index < -0.39 is 20.0 Å². The molecule has 0 aromatic heterocycles. The molecule has 0 aromatic carbocycles. The predicted octanol–water partition coefficient (Wildman–Crippen LogP) is 21.1. The molecule has 0 aliphatic carbocycles. The van der Waals surface area contributed by atoms with Crippen LogP contribution in [-0.2, 0) is 27.9 Å². The number of phosphoric acid groups is 1. The van der Waals surface area contributed by atoms with Crippen LogP contribution in [0.3, 0.4) is 0 Å². The molecular weight excluding hydrogens is 1020 g/mol. The Hall–Kier alpha value is -3.07. The Morgan fingerprint density at radius 2 is 0.802 bits per heavy atom. The van der Waals surface area contributed by atoms with Crippen molar-refractivity contribution in [2.45, 2.75) is 303 Å². The number of carbonyl (C=O) groups excluding carboxylic acids is 2. The average Bonchev–Trinajstić information content (AvgIpc) is 3.44. The van der Waals surface area contributed by atoms with Gasteiger partial charge in [0.05, 0.1) is 33.8 Å². The van der Waals surface area contributed by atoms with E-state index in [4.69, 9.17) is 13.8 Å². The monoisotopic (exact) mass is 1150 g/mol. The van der Waals surface area contributed by atoms with Gasteiger partial charge < -0.3 is 19.4 Å². The van der Waals surface area contributed by atoms with E-state index in [1.165, 1.54) is 167 Å². The maximum Gasteiger partial charge on any atom is 0.472 e. The molecular formula is C71H128N2O7P+. The zero-order valence-electron chi connectivity index (χ0n) is 53.5. The first kappa shape index (κ1) is 77.9. The van der Waals surface area contributed by atoms with E-state index in [1.54, 1.807) is 0 Å². The number of nitrogens with one attached hydrogen (secondary N) is 1. The summed E-state index contributed by atoms with van der Waals surface area (Å²) in [5.74, 6) is -0.570. The molecule has 0 bridgehead atoms. The lowest BCUT2D eigenvalue weighted by atomic mass is 10.0. The Labute approximate surface area is 500 Å². The molecule has 0 radical (unpaired) electrons. The summed E-state index contributed by atoms with van der Waals surface area (Å²) in [6.07, 6.45) is 81.4. The van der Waals surface area contributed by atoms with Gasteiger partial charge in [0.1, 0.15) is 19.3 Å². The normalized spacial score (nSPS) is 14.2. The highest BCUT2D eigenvalue weighted by Crippen LogP contribution is 2.43. The molecule has 0 heterocycles. The van der Waals surface area contributed by atoms with Crippen molar-refractivity contribution in [3.63, 3.8) is 0 Å². The molecule has 468 valence electrons. The number of unbranched alkanes of at least 4 members (excludes halogenated alkanes) is 30. The molecule has 0 saturated carbocycles. The quantitative estimate of drug-likeness (QED) is 0.0205. The van der Waals surface area contributed by atoms with Gasteiger partial charge in [-0.1, -0.05) is 272 Å². The topological polar surface area (TPSA) is 111 Å². The molecule has 3 atom stereocenters. The van der Waals surface area contributed by atoms with Gasteiger partial charge in [-0.15, -0.1) is 0 Å². The zero-order chi connectivity index (χ0) is 59.3. The summed E-state index contributed by atoms with van der Waals surface area (Å²) >= 11 is 0. The zero-order valence-corrected chi connectivity index (χ0v) is 54.4. The number of allylic oxidation sites excluding steroid dienone is 15. The molecule has 3 unspecified atom stereocenters. The van der Waals surface area contributed by atoms with E-state index in [2.05, 4.69) is 111 Å². The number of hydrogen-bond acceptors (Lipinski definition) is 6. The summed E-state index contributed by atoms with van der Waals surface area (Å²) in [7, 11) is 1.46. The van der Waals surface area contributed by atoms with Crippen LogP contribution in [0.5, 0.6) is 0 Å². The van der Waals surface area contributed by atoms with E-state index >= 15 is 0 Å². The lowest BCUT2D eigenvalue weighted by Crippen LogP contribution is -2.47. The van der Waals surface area contributed by atoms with Crippen molar-refractivity contribution < 1.29 is 37.3 Å². The standard InChI is InChI=1S/C71H127N2O7P/c1-7-10-13-16-19-22-25-28-30-32-33-34-35-36-37-38-39-41-43-46-49-52-55-58-61-64-71(75)80-69(62-59-56-53-50-47-44-27-24-21-18-15-12-9-3)68(67-79-81(76,77)78-66-65-73(4,5)6)72-70(74)63-60-57-54-51-48-45-42-40-31-29-26-23-20-17-14-11-8-2/h11,14,19-20,22-23,28-31,42,45,51,54,59,62,68-69H,7-10,12-13,15-18,21,24-27,32-41,43-44,46-50,52-53,55-58,60-61,63-67H2,1-6H3,(H-,72,74,76,77)/p+1/b14-11-,22-19-,23-20-,30-28-,31-29-,45-42-,54-51-,62-59-. The van der Waals surface area contributed by atoms with Crippen molar-refractivity contribution in [1.82, 2.24) is 5.32 Å². The summed E-state index contributed by atoms with van der Waals surface area (Å²) in [4.78, 5) is 37.8. The van der Waals surface area contributed by atoms with Crippen LogP contribution in [0, 0.1) is 0 Å². The predicted molar refractivity (Wildman–Crippen MR) is 350 cm³/mol. The number of esters is 1. The summed E-state index contributed by atoms with van der Waals surface area (Å²) in [5.41, 5.74) is 0. The van der Waals surface area contributed by atoms with E-state index in [9.17, 15) is 19.0 Å². The van der Waals surface area contributed by atoms with Gasteiger partial charge in [0.15, 0.2) is 0 Å². The summed E-state index contributed by atoms with van der Waals surface area (Å²) < 4.78 is 30.7. The Balaban J connectivity index is 5.19. The number of phosphoric ester groups is 1. The Morgan fingerprint density at radius 1 is 0.444 bits per heavy atom. The molecule has 0 aliphatic heterocycles. The fraction of sp³-hybridized carbons (Fsp3) is 0.746. The molecule has 0 aromatic rings. The minimum absolute atomic E-state index is 0.0264. The molecule has 0 rings (SSSR count). The van der Waals surface area contributed by atoms with E-state index in [1.807, 2.05) is 33.3 Å². The number of carbonyl (C=O) groups is 2. The highest BCUT2D eigenvalue weighted by molar-refractivity contribution is 7.47. The molecule has 10 heteroatoms. The summed E-state index contributed by atoms with van der Waals surface area (Å²) in [5, 5.41) is 3.03. The highest BCUT2D eigenvalue weighted by Gasteiger charge is 2.30. The van der Waals surface area contributed by atoms with Gasteiger partial charge in [-0.2, -0.15) is 0 Å². The van der Waals surface area contributed by atoms with Crippen molar-refractivity contribution >= 4 is 19.7 Å². The second-order valence-corrected chi connectivity index (χ2v) is 25.1. The second kappa shape index (κ2) is 60.1. The molecule has 0 fully saturated rings. The number of nitrogens with zero attached hydrogens (tertiary/aromatic N) is 1. The number of quaternary nitrogens is 1. The van der Waals surface area contributed by atoms with E-state index in [-0.39, 0.29) is 37.9 Å². The van der Waals surface area contributed by atoms with Gasteiger partial charge in [0.2, 0.25) is 5.91 Å². The van der Waals surface area contributed by atoms with Crippen molar-refractivity contribution in [3.05, 3.63) is 97.2 Å². The maximum atomic E-state index is 13.5. The third-order valence-electron chi connectivity index (χ3n) is 14.5. The van der Waals surface area contributed by atoms with Gasteiger partial charge in [-0.3, -0.25) is 18.6 Å². The van der Waals surface area contributed by atoms with E-state index in [0.717, 1.165) is 83.5 Å². The van der Waals surface area contributed by atoms with Gasteiger partial charge in [-0.05, 0) is 102 Å². The van der Waals surface area contributed by atoms with Gasteiger partial charge in [0, 0.05) is 12.8 Å². The molecule has 9 nitrogen and oxygen atoms in total. The molecule has 0 aliphatic rings. The van der Waals surface area contributed by atoms with Gasteiger partial charge >= 0.3 is 13.8 Å². The maximum absolute atomic E-state index is 13.5. The molecule has 0 spiro atoms. The number of likely N-dealkylation sites (N-methyl/N-ethyl adjacent to an activating group) is 1. The van der Waals surface area contributed by atoms with Crippen LogP contribution in [0.2, 0.25) is 0 Å². The van der Waals surface area contributed by atoms with Crippen LogP contribution < -0.4 is 5.32 Å². The fourth-order valence-electron chi connectivity index (χ4n) is 9.36. The van der Waals surface area contributed by atoms with Crippen molar-refractivity contribution in [3.8, 4) is 0 Å². The number of hydrogen-bond donors (Lipinski definition) is 2. The first-order valence-electron chi connectivity index (χ1n) is 33.6. The molecule has 2 N–H and O–H groups in total. The third kappa shape index (κ3) is 61.3. The van der Waals surface area contributed by atoms with Crippen LogP contribution in [-0.4, -0.2) is 74.3 Å². The molecule has 0 saturated heterocycles.